The Bertz CT molecular complexity index is 762. The fourth-order valence-corrected chi connectivity index (χ4v) is 3.04. The largest absolute Gasteiger partial charge is 0.508 e. The van der Waals surface area contributed by atoms with Crippen LogP contribution >= 0.6 is 0 Å². The van der Waals surface area contributed by atoms with Gasteiger partial charge >= 0.3 is 0 Å². The molecule has 0 amide bonds. The van der Waals surface area contributed by atoms with Crippen molar-refractivity contribution in [3.63, 3.8) is 0 Å². The molecule has 3 aromatic carbocycles. The number of phenolic OH excluding ortho intramolecular Hbond substituents is 1. The second kappa shape index (κ2) is 6.70. The van der Waals surface area contributed by atoms with Gasteiger partial charge in [-0.1, -0.05) is 86.6 Å². The van der Waals surface area contributed by atoms with Crippen LogP contribution < -0.4 is 0 Å². The average Bonchev–Trinajstić information content (AvgIpc) is 2.62. The van der Waals surface area contributed by atoms with E-state index in [-0.39, 0.29) is 5.92 Å². The lowest BCUT2D eigenvalue weighted by Gasteiger charge is -2.18. The second-order valence-corrected chi connectivity index (χ2v) is 6.08. The lowest BCUT2D eigenvalue weighted by molar-refractivity contribution is 0.465. The molecule has 3 aromatic rings. The molecule has 0 bridgehead atoms. The molecule has 0 aliphatic rings. The van der Waals surface area contributed by atoms with E-state index in [0.29, 0.717) is 11.7 Å². The molecular formula is C22H22O. The van der Waals surface area contributed by atoms with E-state index in [2.05, 4.69) is 56.3 Å². The van der Waals surface area contributed by atoms with E-state index in [4.69, 9.17) is 0 Å². The van der Waals surface area contributed by atoms with Gasteiger partial charge in [0.15, 0.2) is 0 Å². The molecule has 1 heteroatoms. The summed E-state index contributed by atoms with van der Waals surface area (Å²) in [5.41, 5.74) is 4.71. The van der Waals surface area contributed by atoms with Crippen LogP contribution in [0.2, 0.25) is 0 Å². The van der Waals surface area contributed by atoms with Crippen molar-refractivity contribution in [3.05, 3.63) is 101 Å². The Labute approximate surface area is 138 Å². The van der Waals surface area contributed by atoms with Gasteiger partial charge in [0.2, 0.25) is 0 Å². The monoisotopic (exact) mass is 302 g/mol. The predicted octanol–water partition coefficient (Wildman–Crippen LogP) is 5.70. The van der Waals surface area contributed by atoms with E-state index >= 15 is 0 Å². The quantitative estimate of drug-likeness (QED) is 0.656. The van der Waals surface area contributed by atoms with Crippen LogP contribution in [0.3, 0.4) is 0 Å². The molecule has 1 nitrogen and oxygen atoms in total. The predicted molar refractivity (Wildman–Crippen MR) is 96.0 cm³/mol. The Kier molecular flexibility index (Phi) is 4.47. The third-order valence-electron chi connectivity index (χ3n) is 4.62. The van der Waals surface area contributed by atoms with Crippen LogP contribution in [0.25, 0.3) is 0 Å². The number of aromatic hydroxyl groups is 1. The van der Waals surface area contributed by atoms with Crippen molar-refractivity contribution in [3.8, 4) is 5.75 Å². The molecular weight excluding hydrogens is 280 g/mol. The molecule has 3 rings (SSSR count). The van der Waals surface area contributed by atoms with Crippen LogP contribution in [0, 0.1) is 0 Å². The molecule has 0 aliphatic carbocycles. The Morgan fingerprint density at radius 3 is 1.70 bits per heavy atom. The number of hydrogen-bond donors (Lipinski definition) is 1. The second-order valence-electron chi connectivity index (χ2n) is 6.08. The number of phenols is 1. The molecule has 0 radical (unpaired) electrons. The molecule has 0 saturated heterocycles. The van der Waals surface area contributed by atoms with Gasteiger partial charge in [-0.25, -0.2) is 0 Å². The van der Waals surface area contributed by atoms with Gasteiger partial charge in [0.1, 0.15) is 5.75 Å². The maximum Gasteiger partial charge on any atom is 0.119 e. The first-order valence-electron chi connectivity index (χ1n) is 8.09. The minimum atomic E-state index is 0.166. The van der Waals surface area contributed by atoms with Crippen molar-refractivity contribution in [2.45, 2.75) is 25.7 Å². The van der Waals surface area contributed by atoms with Crippen molar-refractivity contribution in [1.82, 2.24) is 0 Å². The highest BCUT2D eigenvalue weighted by molar-refractivity contribution is 5.45. The van der Waals surface area contributed by atoms with E-state index < -0.39 is 0 Å². The van der Waals surface area contributed by atoms with Gasteiger partial charge in [-0.3, -0.25) is 0 Å². The first-order chi connectivity index (χ1) is 11.2. The summed E-state index contributed by atoms with van der Waals surface area (Å²) in [6.07, 6.45) is 0. The van der Waals surface area contributed by atoms with Crippen LogP contribution in [0.1, 0.15) is 47.9 Å². The molecule has 0 heterocycles. The SMILES string of the molecule is CC(c1ccccc1)c1ccc(O)c(C(C)c2ccccc2)c1. The fraction of sp³-hybridized carbons (Fsp3) is 0.182. The first kappa shape index (κ1) is 15.4. The molecule has 0 aromatic heterocycles. The van der Waals surface area contributed by atoms with Crippen molar-refractivity contribution in [2.75, 3.05) is 0 Å². The van der Waals surface area contributed by atoms with Crippen molar-refractivity contribution < 1.29 is 5.11 Å². The van der Waals surface area contributed by atoms with Crippen LogP contribution in [0.4, 0.5) is 0 Å². The lowest BCUT2D eigenvalue weighted by atomic mass is 9.87. The minimum Gasteiger partial charge on any atom is -0.508 e. The number of rotatable bonds is 4. The summed E-state index contributed by atoms with van der Waals surface area (Å²) < 4.78 is 0. The van der Waals surface area contributed by atoms with Crippen LogP contribution in [0.5, 0.6) is 5.75 Å². The van der Waals surface area contributed by atoms with Crippen molar-refractivity contribution >= 4 is 0 Å². The third kappa shape index (κ3) is 3.29. The van der Waals surface area contributed by atoms with Gasteiger partial charge in [-0.2, -0.15) is 0 Å². The average molecular weight is 302 g/mol. The minimum absolute atomic E-state index is 0.166. The van der Waals surface area contributed by atoms with Gasteiger partial charge in [0.25, 0.3) is 0 Å². The molecule has 116 valence electrons. The standard InChI is InChI=1S/C22H22O/c1-16(18-9-5-3-6-10-18)20-13-14-22(23)21(15-20)17(2)19-11-7-4-8-12-19/h3-17,23H,1-2H3. The van der Waals surface area contributed by atoms with Crippen molar-refractivity contribution in [1.29, 1.82) is 0 Å². The van der Waals surface area contributed by atoms with Crippen LogP contribution in [-0.2, 0) is 0 Å². The topological polar surface area (TPSA) is 20.2 Å². The van der Waals surface area contributed by atoms with Gasteiger partial charge in [0.05, 0.1) is 0 Å². The smallest absolute Gasteiger partial charge is 0.119 e. The highest BCUT2D eigenvalue weighted by Gasteiger charge is 2.16. The maximum absolute atomic E-state index is 10.3. The Balaban J connectivity index is 1.96. The summed E-state index contributed by atoms with van der Waals surface area (Å²) in [5.74, 6) is 0.836. The normalized spacial score (nSPS) is 13.5. The van der Waals surface area contributed by atoms with Gasteiger partial charge in [-0.15, -0.1) is 0 Å². The number of benzene rings is 3. The van der Waals surface area contributed by atoms with Crippen LogP contribution in [-0.4, -0.2) is 5.11 Å². The zero-order valence-electron chi connectivity index (χ0n) is 13.6. The van der Waals surface area contributed by atoms with Crippen LogP contribution in [0.15, 0.2) is 78.9 Å². The van der Waals surface area contributed by atoms with Crippen molar-refractivity contribution in [2.24, 2.45) is 0 Å². The summed E-state index contributed by atoms with van der Waals surface area (Å²) in [5, 5.41) is 10.3. The zero-order valence-corrected chi connectivity index (χ0v) is 13.6. The zero-order chi connectivity index (χ0) is 16.2. The highest BCUT2D eigenvalue weighted by atomic mass is 16.3. The molecule has 2 atom stereocenters. The van der Waals surface area contributed by atoms with Gasteiger partial charge in [0, 0.05) is 17.4 Å². The molecule has 1 N–H and O–H groups in total. The lowest BCUT2D eigenvalue weighted by Crippen LogP contribution is -2.01. The Hall–Kier alpha value is -2.54. The molecule has 2 unspecified atom stereocenters. The van der Waals surface area contributed by atoms with E-state index in [1.165, 1.54) is 16.7 Å². The maximum atomic E-state index is 10.3. The number of hydrogen-bond acceptors (Lipinski definition) is 1. The van der Waals surface area contributed by atoms with E-state index in [0.717, 1.165) is 5.56 Å². The van der Waals surface area contributed by atoms with Gasteiger partial charge < -0.3 is 5.11 Å². The summed E-state index contributed by atoms with van der Waals surface area (Å²) in [7, 11) is 0. The molecule has 23 heavy (non-hydrogen) atoms. The third-order valence-corrected chi connectivity index (χ3v) is 4.62. The first-order valence-corrected chi connectivity index (χ1v) is 8.09. The summed E-state index contributed by atoms with van der Waals surface area (Å²) in [4.78, 5) is 0. The van der Waals surface area contributed by atoms with E-state index in [1.54, 1.807) is 0 Å². The fourth-order valence-electron chi connectivity index (χ4n) is 3.04. The molecule has 0 fully saturated rings. The van der Waals surface area contributed by atoms with E-state index in [9.17, 15) is 5.11 Å². The Morgan fingerprint density at radius 2 is 1.13 bits per heavy atom. The molecule has 0 saturated carbocycles. The Morgan fingerprint density at radius 1 is 0.609 bits per heavy atom. The summed E-state index contributed by atoms with van der Waals surface area (Å²) in [6, 6.07) is 26.8. The molecule has 0 spiro atoms. The molecule has 0 aliphatic heterocycles. The highest BCUT2D eigenvalue weighted by Crippen LogP contribution is 2.34. The van der Waals surface area contributed by atoms with Gasteiger partial charge in [-0.05, 0) is 22.8 Å². The summed E-state index contributed by atoms with van der Waals surface area (Å²) >= 11 is 0. The summed E-state index contributed by atoms with van der Waals surface area (Å²) in [6.45, 7) is 4.35. The van der Waals surface area contributed by atoms with E-state index in [1.807, 2.05) is 36.4 Å².